The summed E-state index contributed by atoms with van der Waals surface area (Å²) in [5.74, 6) is 2.39. The summed E-state index contributed by atoms with van der Waals surface area (Å²) in [5.41, 5.74) is 3.02. The zero-order valence-electron chi connectivity index (χ0n) is 17.0. The van der Waals surface area contributed by atoms with Crippen LogP contribution >= 0.6 is 0 Å². The molecule has 3 rings (SSSR count). The first-order valence-electron chi connectivity index (χ1n) is 9.17. The third kappa shape index (κ3) is 3.73. The second kappa shape index (κ2) is 8.89. The fourth-order valence-electron chi connectivity index (χ4n) is 3.36. The number of hydrogen-bond donors (Lipinski definition) is 0. The van der Waals surface area contributed by atoms with E-state index in [-0.39, 0.29) is 6.23 Å². The van der Waals surface area contributed by atoms with Crippen LogP contribution in [0.4, 0.5) is 11.4 Å². The number of methoxy groups -OCH3 is 4. The van der Waals surface area contributed by atoms with Crippen molar-refractivity contribution < 1.29 is 18.9 Å². The molecule has 0 saturated carbocycles. The van der Waals surface area contributed by atoms with Crippen molar-refractivity contribution >= 4 is 11.4 Å². The number of benzene rings is 2. The molecule has 0 bridgehead atoms. The van der Waals surface area contributed by atoms with Crippen LogP contribution in [0.3, 0.4) is 0 Å². The highest BCUT2D eigenvalue weighted by atomic mass is 16.5. The van der Waals surface area contributed by atoms with Crippen molar-refractivity contribution in [3.8, 4) is 11.5 Å². The van der Waals surface area contributed by atoms with Gasteiger partial charge in [-0.25, -0.2) is 0 Å². The summed E-state index contributed by atoms with van der Waals surface area (Å²) in [6.07, 6.45) is 0.525. The first kappa shape index (κ1) is 19.9. The van der Waals surface area contributed by atoms with Crippen LogP contribution in [0.15, 0.2) is 60.0 Å². The molecule has 0 saturated heterocycles. The second-order valence-electron chi connectivity index (χ2n) is 6.26. The Hall–Kier alpha value is -2.86. The number of rotatable bonds is 7. The molecule has 2 aromatic carbocycles. The molecule has 1 aliphatic rings. The molecule has 1 atom stereocenters. The van der Waals surface area contributed by atoms with Crippen molar-refractivity contribution in [2.45, 2.75) is 19.6 Å². The monoisotopic (exact) mass is 383 g/mol. The Morgan fingerprint density at radius 1 is 0.750 bits per heavy atom. The molecule has 0 amide bonds. The summed E-state index contributed by atoms with van der Waals surface area (Å²) >= 11 is 0. The highest BCUT2D eigenvalue weighted by Crippen LogP contribution is 2.37. The average molecular weight is 383 g/mol. The molecule has 28 heavy (non-hydrogen) atoms. The Kier molecular flexibility index (Phi) is 6.31. The fraction of sp³-hybridized carbons (Fsp3) is 0.318. The maximum Gasteiger partial charge on any atom is 0.199 e. The van der Waals surface area contributed by atoms with Gasteiger partial charge in [-0.2, -0.15) is 0 Å². The summed E-state index contributed by atoms with van der Waals surface area (Å²) < 4.78 is 22.2. The van der Waals surface area contributed by atoms with Gasteiger partial charge in [-0.1, -0.05) is 6.92 Å². The number of hydrogen-bond acceptors (Lipinski definition) is 6. The van der Waals surface area contributed by atoms with E-state index in [2.05, 4.69) is 11.8 Å². The fourth-order valence-corrected chi connectivity index (χ4v) is 3.36. The molecule has 0 aromatic heterocycles. The zero-order chi connectivity index (χ0) is 20.1. The van der Waals surface area contributed by atoms with Crippen molar-refractivity contribution in [3.05, 3.63) is 66.7 Å². The lowest BCUT2D eigenvalue weighted by Gasteiger charge is -2.43. The normalized spacial score (nSPS) is 17.0. The molecule has 6 heteroatoms. The van der Waals surface area contributed by atoms with Gasteiger partial charge in [0.2, 0.25) is 0 Å². The van der Waals surface area contributed by atoms with Gasteiger partial charge in [0.15, 0.2) is 18.8 Å². The Morgan fingerprint density at radius 3 is 1.71 bits per heavy atom. The Balaban J connectivity index is 2.05. The number of ether oxygens (including phenoxy) is 4. The van der Waals surface area contributed by atoms with E-state index in [4.69, 9.17) is 18.9 Å². The second-order valence-corrected chi connectivity index (χ2v) is 6.26. The van der Waals surface area contributed by atoms with Crippen LogP contribution in [0.25, 0.3) is 0 Å². The molecule has 149 valence electrons. The molecule has 0 aliphatic carbocycles. The van der Waals surface area contributed by atoms with Gasteiger partial charge in [-0.15, -0.1) is 0 Å². The van der Waals surface area contributed by atoms with E-state index in [0.717, 1.165) is 40.8 Å². The third-order valence-electron chi connectivity index (χ3n) is 4.80. The van der Waals surface area contributed by atoms with Gasteiger partial charge in [-0.05, 0) is 55.0 Å². The van der Waals surface area contributed by atoms with Crippen LogP contribution in [0.2, 0.25) is 0 Å². The zero-order valence-corrected chi connectivity index (χ0v) is 17.0. The SMILES string of the molecule is CCC1=C(OC)N(c2ccc(OC)cc2)[CH]N(c2ccc(OC)cc2)C1OC. The van der Waals surface area contributed by atoms with E-state index in [1.54, 1.807) is 28.4 Å². The number of nitrogens with zero attached hydrogens (tertiary/aromatic N) is 2. The van der Waals surface area contributed by atoms with Gasteiger partial charge in [0.1, 0.15) is 11.5 Å². The Morgan fingerprint density at radius 2 is 1.29 bits per heavy atom. The summed E-state index contributed by atoms with van der Waals surface area (Å²) in [4.78, 5) is 4.11. The molecule has 1 aliphatic heterocycles. The summed E-state index contributed by atoms with van der Waals surface area (Å²) in [5, 5.41) is 0. The summed E-state index contributed by atoms with van der Waals surface area (Å²) in [7, 11) is 6.71. The third-order valence-corrected chi connectivity index (χ3v) is 4.80. The smallest absolute Gasteiger partial charge is 0.199 e. The largest absolute Gasteiger partial charge is 0.497 e. The van der Waals surface area contributed by atoms with E-state index < -0.39 is 0 Å². The first-order valence-corrected chi connectivity index (χ1v) is 9.17. The van der Waals surface area contributed by atoms with Gasteiger partial charge >= 0.3 is 0 Å². The van der Waals surface area contributed by atoms with Gasteiger partial charge in [0, 0.05) is 24.1 Å². The Labute approximate surface area is 166 Å². The lowest BCUT2D eigenvalue weighted by molar-refractivity contribution is 0.114. The van der Waals surface area contributed by atoms with Gasteiger partial charge in [-0.3, -0.25) is 4.90 Å². The molecule has 0 N–H and O–H groups in total. The van der Waals surface area contributed by atoms with Gasteiger partial charge < -0.3 is 23.8 Å². The summed E-state index contributed by atoms with van der Waals surface area (Å²) in [6, 6.07) is 15.8. The van der Waals surface area contributed by atoms with E-state index in [0.29, 0.717) is 0 Å². The topological polar surface area (TPSA) is 43.4 Å². The van der Waals surface area contributed by atoms with Crippen LogP contribution < -0.4 is 19.3 Å². The van der Waals surface area contributed by atoms with E-state index in [9.17, 15) is 0 Å². The van der Waals surface area contributed by atoms with Gasteiger partial charge in [0.05, 0.1) is 21.3 Å². The minimum absolute atomic E-state index is 0.261. The molecule has 0 spiro atoms. The van der Waals surface area contributed by atoms with Crippen LogP contribution in [0.5, 0.6) is 11.5 Å². The standard InChI is InChI=1S/C22H27N2O4/c1-6-20-21(27-4)23(16-7-11-18(25-2)12-8-16)15-24(22(20)28-5)17-9-13-19(26-3)14-10-17/h7-15,21H,6H2,1-5H3. The molecule has 6 nitrogen and oxygen atoms in total. The minimum atomic E-state index is -0.261. The van der Waals surface area contributed by atoms with E-state index in [1.165, 1.54) is 0 Å². The van der Waals surface area contributed by atoms with Crippen molar-refractivity contribution in [2.75, 3.05) is 38.2 Å². The van der Waals surface area contributed by atoms with Crippen molar-refractivity contribution in [1.29, 1.82) is 0 Å². The average Bonchev–Trinajstić information content (AvgIpc) is 2.77. The van der Waals surface area contributed by atoms with Crippen LogP contribution in [-0.4, -0.2) is 34.7 Å². The molecular weight excluding hydrogens is 356 g/mol. The van der Waals surface area contributed by atoms with Crippen molar-refractivity contribution in [2.24, 2.45) is 0 Å². The molecule has 1 unspecified atom stereocenters. The van der Waals surface area contributed by atoms with E-state index >= 15 is 0 Å². The van der Waals surface area contributed by atoms with Crippen LogP contribution in [0.1, 0.15) is 13.3 Å². The lowest BCUT2D eigenvalue weighted by Crippen LogP contribution is -2.48. The van der Waals surface area contributed by atoms with E-state index in [1.807, 2.05) is 60.1 Å². The number of anilines is 2. The molecule has 1 heterocycles. The highest BCUT2D eigenvalue weighted by Gasteiger charge is 2.35. The lowest BCUT2D eigenvalue weighted by atomic mass is 10.1. The first-order chi connectivity index (χ1) is 13.7. The molecule has 2 aromatic rings. The van der Waals surface area contributed by atoms with Crippen LogP contribution in [-0.2, 0) is 9.47 Å². The van der Waals surface area contributed by atoms with Gasteiger partial charge in [0.25, 0.3) is 0 Å². The van der Waals surface area contributed by atoms with Crippen molar-refractivity contribution in [3.63, 3.8) is 0 Å². The van der Waals surface area contributed by atoms with Crippen molar-refractivity contribution in [1.82, 2.24) is 0 Å². The molecule has 0 fully saturated rings. The maximum atomic E-state index is 5.85. The Bertz CT molecular complexity index is 802. The highest BCUT2D eigenvalue weighted by molar-refractivity contribution is 5.63. The summed E-state index contributed by atoms with van der Waals surface area (Å²) in [6.45, 7) is 4.10. The predicted molar refractivity (Wildman–Crippen MR) is 110 cm³/mol. The molecular formula is C22H27N2O4. The maximum absolute atomic E-state index is 5.85. The quantitative estimate of drug-likeness (QED) is 0.706. The van der Waals surface area contributed by atoms with Crippen LogP contribution in [0, 0.1) is 6.67 Å². The predicted octanol–water partition coefficient (Wildman–Crippen LogP) is 4.39. The molecule has 1 radical (unpaired) electrons. The minimum Gasteiger partial charge on any atom is -0.497 e.